The monoisotopic (exact) mass is 302 g/mol. The second kappa shape index (κ2) is 7.57. The molecule has 21 heavy (non-hydrogen) atoms. The molecule has 0 spiro atoms. The average molecular weight is 302 g/mol. The van der Waals surface area contributed by atoms with E-state index in [1.54, 1.807) is 23.2 Å². The van der Waals surface area contributed by atoms with Crippen molar-refractivity contribution in [2.75, 3.05) is 13.1 Å². The van der Waals surface area contributed by atoms with E-state index < -0.39 is 0 Å². The van der Waals surface area contributed by atoms with Crippen molar-refractivity contribution in [2.45, 2.75) is 38.5 Å². The van der Waals surface area contributed by atoms with Gasteiger partial charge in [0.25, 0.3) is 0 Å². The van der Waals surface area contributed by atoms with Gasteiger partial charge in [0.1, 0.15) is 5.69 Å². The Morgan fingerprint density at radius 1 is 1.24 bits per heavy atom. The molecule has 3 rings (SSSR count). The third-order valence-electron chi connectivity index (χ3n) is 3.85. The van der Waals surface area contributed by atoms with E-state index in [4.69, 9.17) is 4.42 Å². The molecule has 0 saturated carbocycles. The Balaban J connectivity index is 1.37. The van der Waals surface area contributed by atoms with Gasteiger partial charge < -0.3 is 9.73 Å². The molecule has 1 aliphatic rings. The van der Waals surface area contributed by atoms with Crippen LogP contribution in [0.5, 0.6) is 0 Å². The number of nitrogens with one attached hydrogen (secondary N) is 1. The van der Waals surface area contributed by atoms with Crippen molar-refractivity contribution >= 4 is 11.3 Å². The van der Waals surface area contributed by atoms with Crippen molar-refractivity contribution in [1.29, 1.82) is 0 Å². The Morgan fingerprint density at radius 2 is 2.19 bits per heavy atom. The number of nitrogens with zero attached hydrogens (tertiary/aromatic N) is 1. The fraction of sp³-hybridized carbons (Fsp3) is 0.471. The van der Waals surface area contributed by atoms with E-state index in [0.29, 0.717) is 0 Å². The van der Waals surface area contributed by atoms with Crippen LogP contribution in [-0.4, -0.2) is 18.1 Å². The van der Waals surface area contributed by atoms with Gasteiger partial charge in [-0.2, -0.15) is 0 Å². The Hall–Kier alpha value is -1.39. The van der Waals surface area contributed by atoms with E-state index in [1.807, 2.05) is 12.1 Å². The van der Waals surface area contributed by atoms with Crippen LogP contribution in [0.2, 0.25) is 0 Å². The highest BCUT2D eigenvalue weighted by Gasteiger charge is 2.07. The number of aromatic nitrogens is 1. The van der Waals surface area contributed by atoms with Crippen LogP contribution in [0.4, 0.5) is 0 Å². The molecule has 0 atom stereocenters. The van der Waals surface area contributed by atoms with Gasteiger partial charge in [-0.3, -0.25) is 0 Å². The zero-order chi connectivity index (χ0) is 14.3. The summed E-state index contributed by atoms with van der Waals surface area (Å²) in [5.74, 6) is 0.856. The topological polar surface area (TPSA) is 38.1 Å². The minimum atomic E-state index is 0.856. The van der Waals surface area contributed by atoms with E-state index in [1.165, 1.54) is 37.1 Å². The second-order valence-electron chi connectivity index (χ2n) is 5.46. The zero-order valence-electron chi connectivity index (χ0n) is 12.3. The molecule has 2 aromatic heterocycles. The molecule has 3 nitrogen and oxygen atoms in total. The summed E-state index contributed by atoms with van der Waals surface area (Å²) in [5.41, 5.74) is 2.59. The van der Waals surface area contributed by atoms with E-state index in [9.17, 15) is 0 Å². The molecule has 0 unspecified atom stereocenters. The maximum absolute atomic E-state index is 5.37. The van der Waals surface area contributed by atoms with Crippen molar-refractivity contribution in [3.8, 4) is 11.5 Å². The van der Waals surface area contributed by atoms with Gasteiger partial charge in [-0.05, 0) is 50.8 Å². The van der Waals surface area contributed by atoms with E-state index in [0.717, 1.165) is 31.0 Å². The highest BCUT2D eigenvalue weighted by atomic mass is 32.1. The number of furan rings is 1. The number of rotatable bonds is 7. The Labute approximate surface area is 130 Å². The lowest BCUT2D eigenvalue weighted by Gasteiger charge is -2.12. The van der Waals surface area contributed by atoms with E-state index in [-0.39, 0.29) is 0 Å². The first kappa shape index (κ1) is 14.5. The molecule has 1 aliphatic carbocycles. The van der Waals surface area contributed by atoms with Crippen LogP contribution < -0.4 is 5.32 Å². The van der Waals surface area contributed by atoms with E-state index >= 15 is 0 Å². The van der Waals surface area contributed by atoms with Gasteiger partial charge >= 0.3 is 0 Å². The minimum absolute atomic E-state index is 0.856. The largest absolute Gasteiger partial charge is 0.463 e. The Bertz CT molecular complexity index is 571. The molecule has 0 fully saturated rings. The predicted molar refractivity (Wildman–Crippen MR) is 87.6 cm³/mol. The molecule has 112 valence electrons. The van der Waals surface area contributed by atoms with Crippen molar-refractivity contribution in [1.82, 2.24) is 10.3 Å². The molecule has 0 bridgehead atoms. The number of hydrogen-bond acceptors (Lipinski definition) is 4. The fourth-order valence-corrected chi connectivity index (χ4v) is 3.45. The highest BCUT2D eigenvalue weighted by molar-refractivity contribution is 7.09. The third-order valence-corrected chi connectivity index (χ3v) is 4.76. The number of thiazole rings is 1. The van der Waals surface area contributed by atoms with Crippen molar-refractivity contribution < 1.29 is 4.42 Å². The Morgan fingerprint density at radius 3 is 3.00 bits per heavy atom. The fourth-order valence-electron chi connectivity index (χ4n) is 2.66. The predicted octanol–water partition coefficient (Wildman–Crippen LogP) is 4.43. The molecule has 0 aromatic carbocycles. The van der Waals surface area contributed by atoms with Crippen LogP contribution in [0, 0.1) is 0 Å². The maximum atomic E-state index is 5.37. The minimum Gasteiger partial charge on any atom is -0.463 e. The summed E-state index contributed by atoms with van der Waals surface area (Å²) in [6.45, 7) is 2.08. The summed E-state index contributed by atoms with van der Waals surface area (Å²) in [5, 5.41) is 6.77. The van der Waals surface area contributed by atoms with Gasteiger partial charge in [-0.25, -0.2) is 4.98 Å². The van der Waals surface area contributed by atoms with Gasteiger partial charge in [-0.15, -0.1) is 11.3 Å². The van der Waals surface area contributed by atoms with Crippen LogP contribution in [-0.2, 0) is 6.42 Å². The summed E-state index contributed by atoms with van der Waals surface area (Å²) in [6, 6.07) is 3.85. The standard InChI is InChI=1S/C17H22N2OS/c1-2-5-14(6-3-1)8-10-18-11-9-17-19-15(13-21-17)16-7-4-12-20-16/h4-5,7,12-13,18H,1-3,6,8-11H2. The molecule has 1 N–H and O–H groups in total. The van der Waals surface area contributed by atoms with Crippen molar-refractivity contribution in [3.63, 3.8) is 0 Å². The lowest BCUT2D eigenvalue weighted by molar-refractivity contribution is 0.580. The first-order valence-corrected chi connectivity index (χ1v) is 8.67. The molecular weight excluding hydrogens is 280 g/mol. The van der Waals surface area contributed by atoms with Crippen LogP contribution in [0.1, 0.15) is 37.1 Å². The molecule has 2 aromatic rings. The highest BCUT2D eigenvalue weighted by Crippen LogP contribution is 2.22. The molecular formula is C17H22N2OS. The molecule has 0 radical (unpaired) electrons. The first-order chi connectivity index (χ1) is 10.4. The van der Waals surface area contributed by atoms with Gasteiger partial charge in [0.05, 0.1) is 11.3 Å². The number of hydrogen-bond donors (Lipinski definition) is 1. The summed E-state index contributed by atoms with van der Waals surface area (Å²) in [6.07, 6.45) is 11.7. The van der Waals surface area contributed by atoms with Crippen LogP contribution in [0.3, 0.4) is 0 Å². The molecule has 2 heterocycles. The van der Waals surface area contributed by atoms with Gasteiger partial charge in [0.2, 0.25) is 0 Å². The Kier molecular flexibility index (Phi) is 5.24. The van der Waals surface area contributed by atoms with Crippen LogP contribution in [0.25, 0.3) is 11.5 Å². The third kappa shape index (κ3) is 4.29. The molecule has 4 heteroatoms. The summed E-state index contributed by atoms with van der Waals surface area (Å²) >= 11 is 1.71. The summed E-state index contributed by atoms with van der Waals surface area (Å²) in [4.78, 5) is 4.61. The quantitative estimate of drug-likeness (QED) is 0.607. The zero-order valence-corrected chi connectivity index (χ0v) is 13.1. The van der Waals surface area contributed by atoms with Gasteiger partial charge in [0, 0.05) is 18.3 Å². The SMILES string of the molecule is C1=C(CCNCCc2nc(-c3ccco3)cs2)CCCC1. The van der Waals surface area contributed by atoms with Gasteiger partial charge in [-0.1, -0.05) is 11.6 Å². The van der Waals surface area contributed by atoms with Crippen LogP contribution in [0.15, 0.2) is 39.8 Å². The van der Waals surface area contributed by atoms with Gasteiger partial charge in [0.15, 0.2) is 5.76 Å². The maximum Gasteiger partial charge on any atom is 0.153 e. The van der Waals surface area contributed by atoms with Crippen molar-refractivity contribution in [2.24, 2.45) is 0 Å². The molecule has 0 saturated heterocycles. The number of allylic oxidation sites excluding steroid dienone is 1. The molecule has 0 aliphatic heterocycles. The lowest BCUT2D eigenvalue weighted by Crippen LogP contribution is -2.19. The summed E-state index contributed by atoms with van der Waals surface area (Å²) in [7, 11) is 0. The first-order valence-electron chi connectivity index (χ1n) is 7.79. The summed E-state index contributed by atoms with van der Waals surface area (Å²) < 4.78 is 5.37. The van der Waals surface area contributed by atoms with Crippen LogP contribution >= 0.6 is 11.3 Å². The molecule has 0 amide bonds. The normalized spacial score (nSPS) is 15.1. The second-order valence-corrected chi connectivity index (χ2v) is 6.40. The average Bonchev–Trinajstić information content (AvgIpc) is 3.19. The smallest absolute Gasteiger partial charge is 0.153 e. The van der Waals surface area contributed by atoms with Crippen molar-refractivity contribution in [3.05, 3.63) is 40.4 Å². The lowest BCUT2D eigenvalue weighted by atomic mass is 9.97. The van der Waals surface area contributed by atoms with E-state index in [2.05, 4.69) is 21.8 Å².